The van der Waals surface area contributed by atoms with E-state index >= 15 is 0 Å². The van der Waals surface area contributed by atoms with Gasteiger partial charge in [0.15, 0.2) is 11.5 Å². The minimum absolute atomic E-state index is 0.0704. The van der Waals surface area contributed by atoms with Gasteiger partial charge in [-0.2, -0.15) is 0 Å². The van der Waals surface area contributed by atoms with Crippen molar-refractivity contribution in [3.63, 3.8) is 0 Å². The molecule has 4 aromatic carbocycles. The molecule has 1 aromatic heterocycles. The van der Waals surface area contributed by atoms with E-state index in [0.29, 0.717) is 51.5 Å². The smallest absolute Gasteiger partial charge is 0.312 e. The number of esters is 1. The van der Waals surface area contributed by atoms with Gasteiger partial charge in [-0.15, -0.1) is 0 Å². The Morgan fingerprint density at radius 2 is 1.77 bits per heavy atom. The van der Waals surface area contributed by atoms with Gasteiger partial charge in [-0.1, -0.05) is 30.3 Å². The molecule has 1 N–H and O–H groups in total. The van der Waals surface area contributed by atoms with Gasteiger partial charge >= 0.3 is 5.97 Å². The molecule has 0 fully saturated rings. The standard InChI is InChI=1S/C35H28O8/c1-39-31-17-22(5-10-29(31)41-14-12-20-2-9-28-23(16-20)13-15-40-28)26-18-32(37)43-30-11-8-25-34(38)27(19-42-35(25)33(26)30)21-3-6-24(36)7-4-21/h2-11,16-17,19,26,36H,12-15,18H2,1H3/t26-/m0/s1. The molecule has 5 aromatic rings. The second-order valence-corrected chi connectivity index (χ2v) is 10.7. The number of benzene rings is 4. The number of phenolic OH excluding ortho intramolecular Hbond substituents is 1. The van der Waals surface area contributed by atoms with E-state index in [0.717, 1.165) is 30.8 Å². The van der Waals surface area contributed by atoms with Crippen molar-refractivity contribution < 1.29 is 33.3 Å². The molecule has 1 atom stereocenters. The maximum absolute atomic E-state index is 13.5. The van der Waals surface area contributed by atoms with Gasteiger partial charge in [0.2, 0.25) is 5.43 Å². The van der Waals surface area contributed by atoms with E-state index in [1.807, 2.05) is 24.3 Å². The first-order chi connectivity index (χ1) is 21.0. The van der Waals surface area contributed by atoms with Crippen LogP contribution in [0.15, 0.2) is 88.3 Å². The summed E-state index contributed by atoms with van der Waals surface area (Å²) in [5.41, 5.74) is 4.98. The highest BCUT2D eigenvalue weighted by Gasteiger charge is 2.33. The quantitative estimate of drug-likeness (QED) is 0.181. The summed E-state index contributed by atoms with van der Waals surface area (Å²) in [5.74, 6) is 1.74. The van der Waals surface area contributed by atoms with Crippen molar-refractivity contribution in [2.24, 2.45) is 0 Å². The molecule has 0 aliphatic carbocycles. The number of hydrogen-bond donors (Lipinski definition) is 1. The third kappa shape index (κ3) is 4.95. The van der Waals surface area contributed by atoms with Crippen molar-refractivity contribution >= 4 is 16.9 Å². The van der Waals surface area contributed by atoms with Gasteiger partial charge in [0.1, 0.15) is 29.1 Å². The number of carbonyl (C=O) groups excluding carboxylic acids is 1. The van der Waals surface area contributed by atoms with Gasteiger partial charge in [-0.25, -0.2) is 0 Å². The Morgan fingerprint density at radius 1 is 0.930 bits per heavy atom. The molecule has 8 heteroatoms. The first-order valence-electron chi connectivity index (χ1n) is 14.1. The Bertz CT molecular complexity index is 1920. The highest BCUT2D eigenvalue weighted by Crippen LogP contribution is 2.44. The fourth-order valence-electron chi connectivity index (χ4n) is 5.87. The van der Waals surface area contributed by atoms with Crippen LogP contribution in [-0.4, -0.2) is 31.4 Å². The third-order valence-corrected chi connectivity index (χ3v) is 8.05. The number of methoxy groups -OCH3 is 1. The van der Waals surface area contributed by atoms with E-state index in [1.165, 1.54) is 29.5 Å². The largest absolute Gasteiger partial charge is 0.508 e. The number of rotatable bonds is 7. The molecule has 8 nitrogen and oxygen atoms in total. The molecule has 0 saturated carbocycles. The lowest BCUT2D eigenvalue weighted by Crippen LogP contribution is -2.22. The Balaban J connectivity index is 1.19. The third-order valence-electron chi connectivity index (χ3n) is 8.05. The summed E-state index contributed by atoms with van der Waals surface area (Å²) in [7, 11) is 1.58. The fourth-order valence-corrected chi connectivity index (χ4v) is 5.87. The summed E-state index contributed by atoms with van der Waals surface area (Å²) in [5, 5.41) is 10.0. The Labute approximate surface area is 247 Å². The maximum atomic E-state index is 13.5. The molecule has 0 saturated heterocycles. The zero-order valence-electron chi connectivity index (χ0n) is 23.4. The maximum Gasteiger partial charge on any atom is 0.312 e. The average molecular weight is 577 g/mol. The lowest BCUT2D eigenvalue weighted by atomic mass is 9.85. The molecule has 0 amide bonds. The van der Waals surface area contributed by atoms with Crippen LogP contribution in [0.1, 0.15) is 34.6 Å². The van der Waals surface area contributed by atoms with Crippen LogP contribution in [0.25, 0.3) is 22.1 Å². The van der Waals surface area contributed by atoms with E-state index in [-0.39, 0.29) is 23.6 Å². The van der Waals surface area contributed by atoms with Crippen LogP contribution in [0.5, 0.6) is 28.7 Å². The fraction of sp³-hybridized carbons (Fsp3) is 0.200. The topological polar surface area (TPSA) is 104 Å². The number of phenols is 1. The second-order valence-electron chi connectivity index (χ2n) is 10.7. The number of hydrogen-bond acceptors (Lipinski definition) is 8. The van der Waals surface area contributed by atoms with Gasteiger partial charge in [0.25, 0.3) is 0 Å². The predicted octanol–water partition coefficient (Wildman–Crippen LogP) is 6.17. The first-order valence-corrected chi connectivity index (χ1v) is 14.1. The number of aromatic hydroxyl groups is 1. The molecule has 7 rings (SSSR count). The molecule has 0 unspecified atom stereocenters. The van der Waals surface area contributed by atoms with Crippen LogP contribution in [0, 0.1) is 0 Å². The van der Waals surface area contributed by atoms with Crippen molar-refractivity contribution in [2.75, 3.05) is 20.3 Å². The SMILES string of the molecule is COc1cc([C@@H]2CC(=O)Oc3ccc4c(=O)c(-c5ccc(O)cc5)coc4c32)ccc1OCCc1ccc2c(c1)CCO2. The van der Waals surface area contributed by atoms with Crippen molar-refractivity contribution in [1.29, 1.82) is 0 Å². The van der Waals surface area contributed by atoms with Crippen molar-refractivity contribution in [3.8, 4) is 39.9 Å². The van der Waals surface area contributed by atoms with Crippen LogP contribution in [0.3, 0.4) is 0 Å². The molecule has 0 bridgehead atoms. The molecule has 43 heavy (non-hydrogen) atoms. The zero-order valence-corrected chi connectivity index (χ0v) is 23.4. The van der Waals surface area contributed by atoms with Crippen LogP contribution >= 0.6 is 0 Å². The van der Waals surface area contributed by atoms with Crippen LogP contribution in [0.4, 0.5) is 0 Å². The summed E-state index contributed by atoms with van der Waals surface area (Å²) < 4.78 is 29.0. The minimum Gasteiger partial charge on any atom is -0.508 e. The lowest BCUT2D eigenvalue weighted by molar-refractivity contribution is -0.135. The summed E-state index contributed by atoms with van der Waals surface area (Å²) in [6, 6.07) is 21.5. The molecule has 0 spiro atoms. The molecule has 2 aliphatic rings. The summed E-state index contributed by atoms with van der Waals surface area (Å²) >= 11 is 0. The van der Waals surface area contributed by atoms with Gasteiger partial charge in [0, 0.05) is 24.3 Å². The lowest BCUT2D eigenvalue weighted by Gasteiger charge is -2.26. The molecule has 3 heterocycles. The minimum atomic E-state index is -0.431. The average Bonchev–Trinajstić information content (AvgIpc) is 3.49. The highest BCUT2D eigenvalue weighted by molar-refractivity contribution is 5.90. The predicted molar refractivity (Wildman–Crippen MR) is 160 cm³/mol. The van der Waals surface area contributed by atoms with Gasteiger partial charge in [-0.3, -0.25) is 9.59 Å². The van der Waals surface area contributed by atoms with Gasteiger partial charge in [-0.05, 0) is 64.7 Å². The second kappa shape index (κ2) is 10.9. The van der Waals surface area contributed by atoms with Gasteiger partial charge in [0.05, 0.1) is 37.7 Å². The molecular formula is C35H28O8. The van der Waals surface area contributed by atoms with Crippen LogP contribution < -0.4 is 24.4 Å². The van der Waals surface area contributed by atoms with Crippen molar-refractivity contribution in [2.45, 2.75) is 25.2 Å². The molecule has 216 valence electrons. The summed E-state index contributed by atoms with van der Waals surface area (Å²) in [6.45, 7) is 1.19. The molecule has 2 aliphatic heterocycles. The highest BCUT2D eigenvalue weighted by atomic mass is 16.5. The van der Waals surface area contributed by atoms with Crippen LogP contribution in [0.2, 0.25) is 0 Å². The zero-order chi connectivity index (χ0) is 29.5. The van der Waals surface area contributed by atoms with E-state index in [2.05, 4.69) is 12.1 Å². The van der Waals surface area contributed by atoms with E-state index in [4.69, 9.17) is 23.4 Å². The van der Waals surface area contributed by atoms with Crippen LogP contribution in [-0.2, 0) is 17.6 Å². The molecule has 0 radical (unpaired) electrons. The summed E-state index contributed by atoms with van der Waals surface area (Å²) in [6.07, 6.45) is 3.14. The summed E-state index contributed by atoms with van der Waals surface area (Å²) in [4.78, 5) is 26.2. The van der Waals surface area contributed by atoms with Gasteiger partial charge < -0.3 is 28.5 Å². The molecular weight excluding hydrogens is 548 g/mol. The normalized spacial score (nSPS) is 15.4. The Kier molecular flexibility index (Phi) is 6.74. The number of ether oxygens (including phenoxy) is 4. The number of fused-ring (bicyclic) bond motifs is 4. The monoisotopic (exact) mass is 576 g/mol. The van der Waals surface area contributed by atoms with E-state index in [9.17, 15) is 14.7 Å². The Morgan fingerprint density at radius 3 is 2.60 bits per heavy atom. The van der Waals surface area contributed by atoms with Crippen molar-refractivity contribution in [3.05, 3.63) is 112 Å². The van der Waals surface area contributed by atoms with Crippen molar-refractivity contribution in [1.82, 2.24) is 0 Å². The Hall–Kier alpha value is -5.24. The first kappa shape index (κ1) is 26.6. The number of carbonyl (C=O) groups is 1. The van der Waals surface area contributed by atoms with E-state index < -0.39 is 5.92 Å². The van der Waals surface area contributed by atoms with E-state index in [1.54, 1.807) is 31.4 Å².